The van der Waals surface area contributed by atoms with Gasteiger partial charge in [0.15, 0.2) is 6.10 Å². The lowest BCUT2D eigenvalue weighted by molar-refractivity contribution is -0.152. The van der Waals surface area contributed by atoms with Crippen LogP contribution >= 0.6 is 0 Å². The third-order valence-corrected chi connectivity index (χ3v) is 2.49. The molecule has 0 aromatic carbocycles. The van der Waals surface area contributed by atoms with Gasteiger partial charge in [0, 0.05) is 18.6 Å². The summed E-state index contributed by atoms with van der Waals surface area (Å²) in [5.41, 5.74) is 7.25. The number of hydrogen-bond acceptors (Lipinski definition) is 7. The lowest BCUT2D eigenvalue weighted by Crippen LogP contribution is -2.37. The fourth-order valence-corrected chi connectivity index (χ4v) is 1.37. The fourth-order valence-electron chi connectivity index (χ4n) is 1.37. The molecule has 9 heteroatoms. The normalized spacial score (nSPS) is 13.2. The Hall–Kier alpha value is -2.34. The Labute approximate surface area is 123 Å². The molecule has 2 amide bonds. The van der Waals surface area contributed by atoms with Gasteiger partial charge in [0.2, 0.25) is 12.7 Å². The standard InChI is InChI=1S/C12H20N4O5/c1-3-5-15-20-8-21-16-12(18)9(4-2)6-10(11(14)17)19-7-13/h5,9-10H,3-4,6,8H2,1-2H3,(H2,14,17)(H,16,18)/b15-5+. The van der Waals surface area contributed by atoms with E-state index in [1.165, 1.54) is 12.5 Å². The summed E-state index contributed by atoms with van der Waals surface area (Å²) in [6.45, 7) is 3.39. The second-order valence-electron chi connectivity index (χ2n) is 3.99. The van der Waals surface area contributed by atoms with E-state index in [0.29, 0.717) is 6.42 Å². The van der Waals surface area contributed by atoms with Crippen LogP contribution in [0.15, 0.2) is 5.16 Å². The number of amides is 2. The molecule has 0 heterocycles. The minimum absolute atomic E-state index is 0.0105. The van der Waals surface area contributed by atoms with Gasteiger partial charge in [-0.3, -0.25) is 9.59 Å². The molecule has 0 aliphatic carbocycles. The van der Waals surface area contributed by atoms with Crippen LogP contribution in [0, 0.1) is 17.4 Å². The first-order chi connectivity index (χ1) is 10.1. The lowest BCUT2D eigenvalue weighted by Gasteiger charge is -2.17. The largest absolute Gasteiger partial charge is 0.414 e. The van der Waals surface area contributed by atoms with Crippen molar-refractivity contribution >= 4 is 18.0 Å². The molecule has 0 fully saturated rings. The molecule has 0 aromatic rings. The van der Waals surface area contributed by atoms with E-state index in [9.17, 15) is 9.59 Å². The van der Waals surface area contributed by atoms with E-state index in [0.717, 1.165) is 6.42 Å². The van der Waals surface area contributed by atoms with E-state index in [1.807, 2.05) is 6.92 Å². The SMILES string of the molecule is CC/C=N/OCONC(=O)C(CC)CC(OC#N)C(N)=O. The number of nitrogens with one attached hydrogen (secondary N) is 1. The number of primary amides is 1. The van der Waals surface area contributed by atoms with Crippen LogP contribution in [0.3, 0.4) is 0 Å². The molecule has 9 nitrogen and oxygen atoms in total. The van der Waals surface area contributed by atoms with Gasteiger partial charge >= 0.3 is 0 Å². The molecule has 3 N–H and O–H groups in total. The van der Waals surface area contributed by atoms with Gasteiger partial charge in [-0.05, 0) is 12.8 Å². The zero-order chi connectivity index (χ0) is 16.1. The number of rotatable bonds is 11. The Morgan fingerprint density at radius 2 is 2.19 bits per heavy atom. The Balaban J connectivity index is 4.20. The van der Waals surface area contributed by atoms with Crippen molar-refractivity contribution in [1.82, 2.24) is 5.48 Å². The number of nitrogens with zero attached hydrogens (tertiary/aromatic N) is 2. The van der Waals surface area contributed by atoms with Gasteiger partial charge < -0.3 is 15.3 Å². The zero-order valence-electron chi connectivity index (χ0n) is 12.1. The topological polar surface area (TPSA) is 136 Å². The lowest BCUT2D eigenvalue weighted by atomic mass is 9.97. The highest BCUT2D eigenvalue weighted by Crippen LogP contribution is 2.13. The highest BCUT2D eigenvalue weighted by atomic mass is 16.8. The predicted molar refractivity (Wildman–Crippen MR) is 72.0 cm³/mol. The van der Waals surface area contributed by atoms with E-state index in [2.05, 4.69) is 20.2 Å². The zero-order valence-corrected chi connectivity index (χ0v) is 12.1. The Bertz CT molecular complexity index is 394. The van der Waals surface area contributed by atoms with Gasteiger partial charge in [0.25, 0.3) is 12.2 Å². The van der Waals surface area contributed by atoms with E-state index >= 15 is 0 Å². The quantitative estimate of drug-likeness (QED) is 0.183. The predicted octanol–water partition coefficient (Wildman–Crippen LogP) is 0.172. The molecule has 0 aromatic heterocycles. The van der Waals surface area contributed by atoms with Gasteiger partial charge in [-0.25, -0.2) is 10.3 Å². The van der Waals surface area contributed by atoms with E-state index in [1.54, 1.807) is 6.92 Å². The van der Waals surface area contributed by atoms with Crippen LogP contribution in [0.25, 0.3) is 0 Å². The summed E-state index contributed by atoms with van der Waals surface area (Å²) in [6.07, 6.45) is 2.91. The van der Waals surface area contributed by atoms with Crippen molar-refractivity contribution in [3.63, 3.8) is 0 Å². The molecule has 0 rings (SSSR count). The Morgan fingerprint density at radius 1 is 1.48 bits per heavy atom. The first kappa shape index (κ1) is 18.7. The van der Waals surface area contributed by atoms with Crippen molar-refractivity contribution in [1.29, 1.82) is 5.26 Å². The van der Waals surface area contributed by atoms with Gasteiger partial charge in [-0.1, -0.05) is 19.0 Å². The van der Waals surface area contributed by atoms with Crippen molar-refractivity contribution in [3.05, 3.63) is 0 Å². The monoisotopic (exact) mass is 300 g/mol. The molecule has 0 saturated carbocycles. The van der Waals surface area contributed by atoms with Crippen LogP contribution in [0.2, 0.25) is 0 Å². The van der Waals surface area contributed by atoms with Gasteiger partial charge in [0.1, 0.15) is 0 Å². The van der Waals surface area contributed by atoms with Gasteiger partial charge in [-0.2, -0.15) is 5.26 Å². The summed E-state index contributed by atoms with van der Waals surface area (Å²) in [5.74, 6) is -1.86. The fraction of sp³-hybridized carbons (Fsp3) is 0.667. The number of nitrogens with two attached hydrogens (primary N) is 1. The molecule has 0 saturated heterocycles. The Morgan fingerprint density at radius 3 is 2.71 bits per heavy atom. The average Bonchev–Trinajstić information content (AvgIpc) is 2.46. The minimum atomic E-state index is -1.14. The van der Waals surface area contributed by atoms with Crippen molar-refractivity contribution in [3.8, 4) is 6.26 Å². The summed E-state index contributed by atoms with van der Waals surface area (Å²) >= 11 is 0. The molecular formula is C12H20N4O5. The minimum Gasteiger partial charge on any atom is -0.414 e. The maximum Gasteiger partial charge on any atom is 0.287 e. The molecule has 118 valence electrons. The Kier molecular flexibility index (Phi) is 10.2. The maximum atomic E-state index is 11.8. The average molecular weight is 300 g/mol. The number of nitriles is 1. The molecule has 0 aliphatic rings. The summed E-state index contributed by atoms with van der Waals surface area (Å²) in [7, 11) is 0. The molecule has 2 atom stereocenters. The molecule has 0 aliphatic heterocycles. The van der Waals surface area contributed by atoms with Crippen molar-refractivity contribution in [2.24, 2.45) is 16.8 Å². The van der Waals surface area contributed by atoms with E-state index in [-0.39, 0.29) is 13.2 Å². The van der Waals surface area contributed by atoms with Crippen LogP contribution < -0.4 is 11.2 Å². The van der Waals surface area contributed by atoms with Crippen LogP contribution in [0.1, 0.15) is 33.1 Å². The highest BCUT2D eigenvalue weighted by molar-refractivity contribution is 5.81. The number of carbonyl (C=O) groups is 2. The van der Waals surface area contributed by atoms with E-state index in [4.69, 9.17) is 15.8 Å². The summed E-state index contributed by atoms with van der Waals surface area (Å²) in [5, 5.41) is 11.9. The molecule has 0 spiro atoms. The van der Waals surface area contributed by atoms with Crippen LogP contribution in [0.5, 0.6) is 0 Å². The molecule has 2 unspecified atom stereocenters. The molecular weight excluding hydrogens is 280 g/mol. The van der Waals surface area contributed by atoms with E-state index < -0.39 is 23.8 Å². The first-order valence-electron chi connectivity index (χ1n) is 6.46. The van der Waals surface area contributed by atoms with Crippen LogP contribution in [0.4, 0.5) is 0 Å². The number of ether oxygens (including phenoxy) is 1. The maximum absolute atomic E-state index is 11.8. The smallest absolute Gasteiger partial charge is 0.287 e. The van der Waals surface area contributed by atoms with Crippen molar-refractivity contribution < 1.29 is 24.0 Å². The summed E-state index contributed by atoms with van der Waals surface area (Å²) in [6, 6.07) is 0. The first-order valence-corrected chi connectivity index (χ1v) is 6.46. The highest BCUT2D eigenvalue weighted by Gasteiger charge is 2.26. The van der Waals surface area contributed by atoms with Gasteiger partial charge in [0.05, 0.1) is 0 Å². The van der Waals surface area contributed by atoms with Crippen LogP contribution in [-0.4, -0.2) is 30.9 Å². The number of hydroxylamine groups is 1. The summed E-state index contributed by atoms with van der Waals surface area (Å²) < 4.78 is 4.52. The van der Waals surface area contributed by atoms with Crippen molar-refractivity contribution in [2.75, 3.05) is 6.79 Å². The summed E-state index contributed by atoms with van der Waals surface area (Å²) in [4.78, 5) is 32.3. The second-order valence-corrected chi connectivity index (χ2v) is 3.99. The second kappa shape index (κ2) is 11.5. The number of hydrogen-bond donors (Lipinski definition) is 2. The van der Waals surface area contributed by atoms with Crippen LogP contribution in [-0.2, 0) is 24.0 Å². The van der Waals surface area contributed by atoms with Crippen molar-refractivity contribution in [2.45, 2.75) is 39.2 Å². The molecule has 21 heavy (non-hydrogen) atoms. The van der Waals surface area contributed by atoms with Gasteiger partial charge in [-0.15, -0.1) is 0 Å². The molecule has 0 radical (unpaired) electrons. The number of carbonyl (C=O) groups excluding carboxylic acids is 2. The molecule has 0 bridgehead atoms. The third kappa shape index (κ3) is 8.43. The number of oxime groups is 1. The third-order valence-electron chi connectivity index (χ3n) is 2.49.